The van der Waals surface area contributed by atoms with Gasteiger partial charge in [0, 0.05) is 24.8 Å². The molecular weight excluding hydrogens is 367 g/mol. The molecule has 2 N–H and O–H groups in total. The number of hydrogen-bond donors (Lipinski definition) is 2. The van der Waals surface area contributed by atoms with Gasteiger partial charge in [-0.15, -0.1) is 24.0 Å². The first-order valence-electron chi connectivity index (χ1n) is 6.73. The summed E-state index contributed by atoms with van der Waals surface area (Å²) in [6.45, 7) is 7.80. The summed E-state index contributed by atoms with van der Waals surface area (Å²) in [6, 6.07) is 4.25. The molecule has 0 saturated carbocycles. The standard InChI is InChI=1S/C14H24N4O.HI/c1-5-11(3)18-14(15-6-2)17-10-12-7-8-16-13(9-12)19-4;/h7-9,11H,5-6,10H2,1-4H3,(H2,15,17,18);1H. The van der Waals surface area contributed by atoms with Gasteiger partial charge in [-0.2, -0.15) is 0 Å². The van der Waals surface area contributed by atoms with Gasteiger partial charge in [-0.05, 0) is 31.9 Å². The van der Waals surface area contributed by atoms with Crippen molar-refractivity contribution < 1.29 is 4.74 Å². The van der Waals surface area contributed by atoms with E-state index in [1.54, 1.807) is 13.3 Å². The van der Waals surface area contributed by atoms with E-state index in [2.05, 4.69) is 41.4 Å². The second-order valence-electron chi connectivity index (χ2n) is 4.36. The summed E-state index contributed by atoms with van der Waals surface area (Å²) in [4.78, 5) is 8.64. The van der Waals surface area contributed by atoms with Gasteiger partial charge in [0.2, 0.25) is 5.88 Å². The third-order valence-electron chi connectivity index (χ3n) is 2.77. The van der Waals surface area contributed by atoms with E-state index < -0.39 is 0 Å². The Labute approximate surface area is 138 Å². The lowest BCUT2D eigenvalue weighted by Crippen LogP contribution is -2.41. The van der Waals surface area contributed by atoms with Crippen molar-refractivity contribution in [3.8, 4) is 5.88 Å². The van der Waals surface area contributed by atoms with Crippen LogP contribution in [0.3, 0.4) is 0 Å². The zero-order valence-electron chi connectivity index (χ0n) is 12.6. The molecule has 0 aromatic carbocycles. The highest BCUT2D eigenvalue weighted by atomic mass is 127. The minimum atomic E-state index is 0. The number of ether oxygens (including phenoxy) is 1. The largest absolute Gasteiger partial charge is 0.481 e. The highest BCUT2D eigenvalue weighted by Gasteiger charge is 2.02. The van der Waals surface area contributed by atoms with Crippen LogP contribution in [0.2, 0.25) is 0 Å². The molecule has 0 aliphatic rings. The molecule has 0 aliphatic heterocycles. The van der Waals surface area contributed by atoms with Crippen molar-refractivity contribution in [2.75, 3.05) is 13.7 Å². The van der Waals surface area contributed by atoms with Gasteiger partial charge in [0.25, 0.3) is 0 Å². The van der Waals surface area contributed by atoms with Gasteiger partial charge in [0.05, 0.1) is 13.7 Å². The Morgan fingerprint density at radius 3 is 2.80 bits per heavy atom. The molecule has 0 bridgehead atoms. The first-order chi connectivity index (χ1) is 9.19. The smallest absolute Gasteiger partial charge is 0.213 e. The predicted molar refractivity (Wildman–Crippen MR) is 93.9 cm³/mol. The van der Waals surface area contributed by atoms with Crippen LogP contribution in [0.4, 0.5) is 0 Å². The van der Waals surface area contributed by atoms with Crippen LogP contribution < -0.4 is 15.4 Å². The fraction of sp³-hybridized carbons (Fsp3) is 0.571. The van der Waals surface area contributed by atoms with Gasteiger partial charge in [-0.3, -0.25) is 0 Å². The molecule has 20 heavy (non-hydrogen) atoms. The number of nitrogens with zero attached hydrogens (tertiary/aromatic N) is 2. The SMILES string of the molecule is CCNC(=NCc1ccnc(OC)c1)NC(C)CC.I. The van der Waals surface area contributed by atoms with Gasteiger partial charge in [-0.1, -0.05) is 6.92 Å². The molecule has 6 heteroatoms. The van der Waals surface area contributed by atoms with E-state index in [9.17, 15) is 0 Å². The van der Waals surface area contributed by atoms with Gasteiger partial charge in [0.1, 0.15) is 0 Å². The van der Waals surface area contributed by atoms with E-state index in [0.29, 0.717) is 18.5 Å². The van der Waals surface area contributed by atoms with Crippen molar-refractivity contribution in [2.24, 2.45) is 4.99 Å². The normalized spacial score (nSPS) is 12.3. The summed E-state index contributed by atoms with van der Waals surface area (Å²) < 4.78 is 5.10. The quantitative estimate of drug-likeness (QED) is 0.444. The zero-order valence-corrected chi connectivity index (χ0v) is 15.0. The molecule has 0 fully saturated rings. The fourth-order valence-electron chi connectivity index (χ4n) is 1.49. The van der Waals surface area contributed by atoms with Gasteiger partial charge < -0.3 is 15.4 Å². The molecule has 0 amide bonds. The number of pyridine rings is 1. The highest BCUT2D eigenvalue weighted by Crippen LogP contribution is 2.09. The Hall–Kier alpha value is -1.05. The maximum atomic E-state index is 5.10. The molecule has 1 rings (SSSR count). The van der Waals surface area contributed by atoms with Crippen LogP contribution in [-0.2, 0) is 6.54 Å². The van der Waals surface area contributed by atoms with E-state index >= 15 is 0 Å². The molecule has 1 unspecified atom stereocenters. The summed E-state index contributed by atoms with van der Waals surface area (Å²) in [6.07, 6.45) is 2.80. The van der Waals surface area contributed by atoms with Crippen molar-refractivity contribution in [2.45, 2.75) is 39.8 Å². The van der Waals surface area contributed by atoms with E-state index in [4.69, 9.17) is 4.74 Å². The van der Waals surface area contributed by atoms with Crippen LogP contribution in [0.15, 0.2) is 23.3 Å². The van der Waals surface area contributed by atoms with Crippen molar-refractivity contribution in [3.63, 3.8) is 0 Å². The molecule has 0 saturated heterocycles. The minimum absolute atomic E-state index is 0. The molecule has 1 aromatic heterocycles. The summed E-state index contributed by atoms with van der Waals surface area (Å²) in [7, 11) is 1.62. The summed E-state index contributed by atoms with van der Waals surface area (Å²) in [5.41, 5.74) is 1.08. The Kier molecular flexibility index (Phi) is 10.1. The topological polar surface area (TPSA) is 58.5 Å². The first-order valence-corrected chi connectivity index (χ1v) is 6.73. The van der Waals surface area contributed by atoms with Crippen molar-refractivity contribution in [1.29, 1.82) is 0 Å². The average molecular weight is 392 g/mol. The van der Waals surface area contributed by atoms with Crippen LogP contribution in [0, 0.1) is 0 Å². The molecule has 114 valence electrons. The number of rotatable bonds is 6. The zero-order chi connectivity index (χ0) is 14.1. The van der Waals surface area contributed by atoms with Crippen molar-refractivity contribution >= 4 is 29.9 Å². The van der Waals surface area contributed by atoms with Crippen LogP contribution in [0.1, 0.15) is 32.8 Å². The summed E-state index contributed by atoms with van der Waals surface area (Å²) >= 11 is 0. The van der Waals surface area contributed by atoms with Gasteiger partial charge in [0.15, 0.2) is 5.96 Å². The Bertz CT molecular complexity index is 412. The van der Waals surface area contributed by atoms with Crippen LogP contribution >= 0.6 is 24.0 Å². The maximum absolute atomic E-state index is 5.10. The number of aliphatic imine (C=N–C) groups is 1. The molecule has 1 atom stereocenters. The monoisotopic (exact) mass is 392 g/mol. The van der Waals surface area contributed by atoms with Gasteiger partial charge in [-0.25, -0.2) is 9.98 Å². The third-order valence-corrected chi connectivity index (χ3v) is 2.77. The van der Waals surface area contributed by atoms with E-state index in [1.807, 2.05) is 12.1 Å². The lowest BCUT2D eigenvalue weighted by atomic mass is 10.2. The number of halogens is 1. The minimum Gasteiger partial charge on any atom is -0.481 e. The number of guanidine groups is 1. The second-order valence-corrected chi connectivity index (χ2v) is 4.36. The number of hydrogen-bond acceptors (Lipinski definition) is 3. The van der Waals surface area contributed by atoms with Crippen molar-refractivity contribution in [3.05, 3.63) is 23.9 Å². The molecule has 1 heterocycles. The Balaban J connectivity index is 0.00000361. The first kappa shape index (κ1) is 18.9. The predicted octanol–water partition coefficient (Wildman–Crippen LogP) is 2.56. The third kappa shape index (κ3) is 6.93. The lowest BCUT2D eigenvalue weighted by Gasteiger charge is -2.16. The van der Waals surface area contributed by atoms with E-state index in [0.717, 1.165) is 24.5 Å². The molecule has 5 nitrogen and oxygen atoms in total. The average Bonchev–Trinajstić information content (AvgIpc) is 2.45. The molecule has 0 radical (unpaired) electrons. The molecule has 0 aliphatic carbocycles. The number of methoxy groups -OCH3 is 1. The maximum Gasteiger partial charge on any atom is 0.213 e. The highest BCUT2D eigenvalue weighted by molar-refractivity contribution is 14.0. The van der Waals surface area contributed by atoms with E-state index in [1.165, 1.54) is 0 Å². The lowest BCUT2D eigenvalue weighted by molar-refractivity contribution is 0.397. The Morgan fingerprint density at radius 2 is 2.20 bits per heavy atom. The van der Waals surface area contributed by atoms with Crippen molar-refractivity contribution in [1.82, 2.24) is 15.6 Å². The van der Waals surface area contributed by atoms with Crippen LogP contribution in [-0.4, -0.2) is 30.6 Å². The second kappa shape index (κ2) is 10.7. The van der Waals surface area contributed by atoms with Gasteiger partial charge >= 0.3 is 0 Å². The number of nitrogens with one attached hydrogen (secondary N) is 2. The Morgan fingerprint density at radius 1 is 1.45 bits per heavy atom. The summed E-state index contributed by atoms with van der Waals surface area (Å²) in [5.74, 6) is 1.46. The molecule has 0 spiro atoms. The van der Waals surface area contributed by atoms with Crippen LogP contribution in [0.25, 0.3) is 0 Å². The fourth-order valence-corrected chi connectivity index (χ4v) is 1.49. The summed E-state index contributed by atoms with van der Waals surface area (Å²) in [5, 5.41) is 6.60. The van der Waals surface area contributed by atoms with E-state index in [-0.39, 0.29) is 24.0 Å². The van der Waals surface area contributed by atoms with Crippen LogP contribution in [0.5, 0.6) is 5.88 Å². The molecular formula is C14H25IN4O. The molecule has 1 aromatic rings. The number of aromatic nitrogens is 1.